The molecule has 21 saturated carbocycles. The Kier molecular flexibility index (Phi) is 29.8. The summed E-state index contributed by atoms with van der Waals surface area (Å²) in [6.45, 7) is 35.3. The Labute approximate surface area is 818 Å². The fourth-order valence-corrected chi connectivity index (χ4v) is 40.5. The minimum atomic E-state index is -0.511. The zero-order valence-electron chi connectivity index (χ0n) is 86.3. The van der Waals surface area contributed by atoms with Gasteiger partial charge >= 0.3 is 18.1 Å². The third-order valence-electron chi connectivity index (χ3n) is 48.4. The number of fused-ring (bicyclic) bond motifs is 26. The summed E-state index contributed by atoms with van der Waals surface area (Å²) in [7, 11) is 0. The van der Waals surface area contributed by atoms with Crippen LogP contribution in [0, 0.1) is 207 Å². The van der Waals surface area contributed by atoms with Crippen molar-refractivity contribution in [3.63, 3.8) is 0 Å². The molecule has 1 aliphatic heterocycles. The number of aliphatic hydroxyl groups excluding tert-OH is 3. The van der Waals surface area contributed by atoms with Gasteiger partial charge in [0.1, 0.15) is 41.9 Å². The summed E-state index contributed by atoms with van der Waals surface area (Å²) in [5.74, 6) is 15.9. The number of carbonyl (C=O) groups is 11. The highest BCUT2D eigenvalue weighted by Gasteiger charge is 2.69. The van der Waals surface area contributed by atoms with E-state index in [-0.39, 0.29) is 114 Å². The summed E-state index contributed by atoms with van der Waals surface area (Å²) in [4.78, 5) is 126. The summed E-state index contributed by atoms with van der Waals surface area (Å²) in [6.07, 6.45) is 45.7. The molecule has 22 rings (SSSR count). The van der Waals surface area contributed by atoms with Gasteiger partial charge in [-0.1, -0.05) is 83.1 Å². The van der Waals surface area contributed by atoms with E-state index in [2.05, 4.69) is 83.1 Å². The SMILES string of the molecule is CC(=O)OC1CC[C@H]2[C@@H]3CC[C@H]4CC(=O)C[C@]4(C)[C@H]3CC[C@]12C.CC(=O)OC1CC[C@H]2[C@@H]3CC[C@H]4COC(=O)OC[C@]4(C)[C@H]3CC[C@]12C.C[C@]1(COC=O)[C@H](COC=O)CC[C@@H]2[C@@H]1CC[C@]1(C)C(=O)CC[C@@H]21.C[C@]1(COC=O)[C@H](COC=O)CC[C@@H]2[C@@H]1CC[C@]1(C)C(O)CC[C@@H]21.C[C@]12CC(=O)C[C@@H]1CC[C@@H]1[C@@H]2CC[C@]2(C)C(O)CC[C@@H]12.C[C@]12CC[C@H](O)C[C@@H]1CC[C@@H]1[C@@H]2CC[C@]2(C)C(=O)CC[C@@H]12. The van der Waals surface area contributed by atoms with Crippen LogP contribution in [-0.2, 0) is 85.8 Å². The molecule has 0 spiro atoms. The van der Waals surface area contributed by atoms with Crippen molar-refractivity contribution in [2.24, 2.45) is 207 Å². The van der Waals surface area contributed by atoms with E-state index in [1.807, 2.05) is 0 Å². The van der Waals surface area contributed by atoms with E-state index >= 15 is 0 Å². The monoisotopic (exact) mass is 1910 g/mol. The summed E-state index contributed by atoms with van der Waals surface area (Å²) in [5.41, 5.74) is 0.972. The smallest absolute Gasteiger partial charge is 0.468 e. The van der Waals surface area contributed by atoms with Crippen LogP contribution in [0.15, 0.2) is 0 Å². The van der Waals surface area contributed by atoms with Gasteiger partial charge in [-0.3, -0.25) is 47.9 Å². The molecular formula is C115H176O22. The molecule has 41 atom stereocenters. The minimum absolute atomic E-state index is 0.00985. The van der Waals surface area contributed by atoms with E-state index in [0.29, 0.717) is 195 Å². The number of rotatable bonds is 14. The fraction of sp³-hybridized carbons (Fsp3) is 0.904. The molecule has 22 nitrogen and oxygen atoms in total. The molecular weight excluding hydrogens is 1730 g/mol. The van der Waals surface area contributed by atoms with Gasteiger partial charge in [0.15, 0.2) is 0 Å². The van der Waals surface area contributed by atoms with E-state index in [9.17, 15) is 68.1 Å². The Morgan fingerprint density at radius 1 is 0.336 bits per heavy atom. The highest BCUT2D eigenvalue weighted by atomic mass is 16.7. The number of ketones is 4. The Morgan fingerprint density at radius 2 is 0.679 bits per heavy atom. The molecule has 4 unspecified atom stereocenters. The van der Waals surface area contributed by atoms with Crippen LogP contribution in [0.4, 0.5) is 4.79 Å². The van der Waals surface area contributed by atoms with Gasteiger partial charge in [-0.25, -0.2) is 4.79 Å². The molecule has 22 fully saturated rings. The highest BCUT2D eigenvalue weighted by Crippen LogP contribution is 2.73. The van der Waals surface area contributed by atoms with Gasteiger partial charge in [0, 0.05) is 108 Å². The number of aliphatic hydroxyl groups is 3. The maximum Gasteiger partial charge on any atom is 0.508 e. The van der Waals surface area contributed by atoms with Crippen LogP contribution in [0.25, 0.3) is 0 Å². The Morgan fingerprint density at radius 3 is 1.12 bits per heavy atom. The number of carbonyl (C=O) groups excluding carboxylic acids is 11. The van der Waals surface area contributed by atoms with E-state index in [1.54, 1.807) is 6.92 Å². The molecule has 137 heavy (non-hydrogen) atoms. The van der Waals surface area contributed by atoms with E-state index in [1.165, 1.54) is 96.8 Å². The van der Waals surface area contributed by atoms with Crippen LogP contribution >= 0.6 is 0 Å². The van der Waals surface area contributed by atoms with Gasteiger partial charge in [-0.15, -0.1) is 0 Å². The molecule has 0 aromatic carbocycles. The lowest BCUT2D eigenvalue weighted by Crippen LogP contribution is -2.54. The summed E-state index contributed by atoms with van der Waals surface area (Å²) >= 11 is 0. The lowest BCUT2D eigenvalue weighted by Gasteiger charge is -2.60. The first kappa shape index (κ1) is 103. The lowest BCUT2D eigenvalue weighted by atomic mass is 9.45. The molecule has 0 aromatic rings. The van der Waals surface area contributed by atoms with Gasteiger partial charge in [0.05, 0.1) is 51.3 Å². The molecule has 22 heteroatoms. The molecule has 0 radical (unpaired) electrons. The van der Waals surface area contributed by atoms with Crippen molar-refractivity contribution in [3.8, 4) is 0 Å². The third kappa shape index (κ3) is 17.9. The molecule has 0 amide bonds. The maximum atomic E-state index is 12.4. The lowest BCUT2D eigenvalue weighted by molar-refractivity contribution is -0.161. The molecule has 3 N–H and O–H groups in total. The second kappa shape index (κ2) is 39.5. The first-order valence-electron chi connectivity index (χ1n) is 55.5. The zero-order chi connectivity index (χ0) is 97.9. The molecule has 0 aromatic heterocycles. The van der Waals surface area contributed by atoms with Crippen LogP contribution in [0.5, 0.6) is 0 Å². The number of ether oxygens (including phenoxy) is 8. The zero-order valence-corrected chi connectivity index (χ0v) is 86.3. The highest BCUT2D eigenvalue weighted by molar-refractivity contribution is 5.88. The van der Waals surface area contributed by atoms with Crippen molar-refractivity contribution in [2.75, 3.05) is 39.6 Å². The largest absolute Gasteiger partial charge is 0.508 e. The predicted octanol–water partition coefficient (Wildman–Crippen LogP) is 20.9. The summed E-state index contributed by atoms with van der Waals surface area (Å²) in [6, 6.07) is 0. The Hall–Kier alpha value is -5.35. The standard InChI is InChI=1S/C20H30O5.C20H30O3.C19H30O5.C19H28O5.C19H30O2.C18H28O2/c1-12(21)25-17-7-6-15-14-5-4-13-10-23-18(22)24-11-20(13,3)16(14)8-9-19(15,17)2;1-12(21)23-18-7-6-16-15-5-4-13-10-14(22)11-20(13,3)17(15)8-9-19(16,18)2;2*1-18-8-7-16-14(15(18)5-6-17(18)22)4-3-13(9-23-11-20)19(16,2)10-24-12-21;1-18-9-7-13(20)11-12(18)3-4-14-15-5-6-17(21)19(15,2)10-8-16(14)18;1-17-8-7-15-13(14(17)5-6-16(17)20)4-3-11-9-12(19)10-18(11,15)2/h13-17H,4-11H2,1-3H3;13,15-18H,4-11H2,1-3H3;11-17,22H,3-10H2,1-2H3;11-16H,3-10H2,1-2H3;12-16,20H,3-11H2,1-2H3;11,13-16,20H,3-10H2,1-2H3/t13-,14-,15-,16-,17?,19-,20-;13-,15-,16-,17-,18?,19-,20-;13-,14-,15-,16-,17?,18-,19-;13-,14-,15-,16-,18-,19-;12-,13-,14-,15-,16-,18-,19-;11-,13-,14-,15-,16?,17-,18-/m000000/s1. The summed E-state index contributed by atoms with van der Waals surface area (Å²) in [5, 5.41) is 30.9. The van der Waals surface area contributed by atoms with E-state index < -0.39 is 6.16 Å². The van der Waals surface area contributed by atoms with Crippen molar-refractivity contribution in [3.05, 3.63) is 0 Å². The third-order valence-corrected chi connectivity index (χ3v) is 48.4. The van der Waals surface area contributed by atoms with Crippen LogP contribution in [0.1, 0.15) is 373 Å². The molecule has 768 valence electrons. The normalized spacial score (nSPS) is 50.8. The van der Waals surface area contributed by atoms with Crippen molar-refractivity contribution in [1.82, 2.24) is 0 Å². The van der Waals surface area contributed by atoms with Crippen molar-refractivity contribution >= 4 is 67.1 Å². The average Bonchev–Trinajstić information content (AvgIpc) is 1.47. The first-order valence-corrected chi connectivity index (χ1v) is 55.5. The van der Waals surface area contributed by atoms with Crippen molar-refractivity contribution in [1.29, 1.82) is 0 Å². The average molecular weight is 1910 g/mol. The van der Waals surface area contributed by atoms with Gasteiger partial charge in [0.25, 0.3) is 25.9 Å². The number of Topliss-reactive ketones (excluding diaryl/α,β-unsaturated/α-hetero) is 4. The first-order chi connectivity index (χ1) is 65.0. The van der Waals surface area contributed by atoms with Gasteiger partial charge in [0.2, 0.25) is 0 Å². The minimum Gasteiger partial charge on any atom is -0.468 e. The fourth-order valence-electron chi connectivity index (χ4n) is 40.5. The second-order valence-corrected chi connectivity index (χ2v) is 53.3. The molecule has 22 aliphatic rings. The second-order valence-electron chi connectivity index (χ2n) is 53.3. The van der Waals surface area contributed by atoms with E-state index in [0.717, 1.165) is 215 Å². The number of esters is 2. The van der Waals surface area contributed by atoms with E-state index in [4.69, 9.17) is 37.9 Å². The Bertz CT molecular complexity index is 4410. The molecule has 21 aliphatic carbocycles. The van der Waals surface area contributed by atoms with Gasteiger partial charge in [-0.2, -0.15) is 0 Å². The number of hydrogen-bond acceptors (Lipinski definition) is 22. The molecule has 1 saturated heterocycles. The topological polar surface area (TPSA) is 322 Å². The number of hydrogen-bond donors (Lipinski definition) is 3. The predicted molar refractivity (Wildman–Crippen MR) is 514 cm³/mol. The Balaban J connectivity index is 0.000000114. The van der Waals surface area contributed by atoms with Gasteiger partial charge in [-0.05, 0) is 389 Å². The summed E-state index contributed by atoms with van der Waals surface area (Å²) < 4.78 is 42.7. The maximum absolute atomic E-state index is 12.4. The van der Waals surface area contributed by atoms with Crippen LogP contribution in [0.3, 0.4) is 0 Å². The van der Waals surface area contributed by atoms with Crippen LogP contribution in [-0.4, -0.2) is 153 Å². The van der Waals surface area contributed by atoms with Crippen molar-refractivity contribution in [2.45, 2.75) is 404 Å². The van der Waals surface area contributed by atoms with Crippen LogP contribution < -0.4 is 0 Å². The number of cyclic esters (lactones) is 2. The molecule has 1 heterocycles. The molecule has 0 bridgehead atoms. The van der Waals surface area contributed by atoms with Crippen molar-refractivity contribution < 1.29 is 106 Å². The van der Waals surface area contributed by atoms with Gasteiger partial charge < -0.3 is 53.2 Å². The quantitative estimate of drug-likeness (QED) is 0.0826. The van der Waals surface area contributed by atoms with Crippen LogP contribution in [0.2, 0.25) is 0 Å².